The molecule has 15 heteroatoms. The fourth-order valence-electron chi connectivity index (χ4n) is 4.53. The Balaban J connectivity index is 1.69. The molecule has 2 heterocycles. The summed E-state index contributed by atoms with van der Waals surface area (Å²) >= 11 is 6.43. The highest BCUT2D eigenvalue weighted by atomic mass is 35.5. The van der Waals surface area contributed by atoms with Crippen LogP contribution in [0.5, 0.6) is 5.75 Å². The van der Waals surface area contributed by atoms with Gasteiger partial charge in [-0.15, -0.1) is 0 Å². The molecule has 1 aromatic heterocycles. The van der Waals surface area contributed by atoms with E-state index in [1.165, 1.54) is 17.6 Å². The van der Waals surface area contributed by atoms with E-state index in [2.05, 4.69) is 32.5 Å². The van der Waals surface area contributed by atoms with Crippen molar-refractivity contribution in [3.8, 4) is 5.75 Å². The largest absolute Gasteiger partial charge is 0.494 e. The van der Waals surface area contributed by atoms with Gasteiger partial charge in [0.05, 0.1) is 48.0 Å². The molecule has 1 aliphatic heterocycles. The third-order valence-corrected chi connectivity index (χ3v) is 8.15. The topological polar surface area (TPSA) is 132 Å². The first-order chi connectivity index (χ1) is 20.3. The Hall–Kier alpha value is -4.14. The van der Waals surface area contributed by atoms with Crippen LogP contribution in [0, 0.1) is 0 Å². The van der Waals surface area contributed by atoms with E-state index >= 15 is 0 Å². The van der Waals surface area contributed by atoms with Gasteiger partial charge < -0.3 is 30.5 Å². The standard InChI is InChI=1S/C28H34ClFN8O4S/c1-17(30)27(39)33-21-14-22(24(42-5)15-23(21)37(4)13-12-36(2)3)34-28-31-16-19(29)26(35-28)32-20-9-7-8-18-10-11-38(25(18)20)43(6,40)41/h7-9,14-16H,1,10-13H2,2-6H3,(H,33,39)(H2,31,32,34,35). The monoisotopic (exact) mass is 632 g/mol. The van der Waals surface area contributed by atoms with Crippen LogP contribution in [-0.4, -0.2) is 83.3 Å². The second kappa shape index (κ2) is 13.0. The second-order valence-corrected chi connectivity index (χ2v) is 12.5. The number of nitrogens with one attached hydrogen (secondary N) is 3. The third-order valence-electron chi connectivity index (χ3n) is 6.70. The SMILES string of the molecule is C=C(F)C(=O)Nc1cc(Nc2ncc(Cl)c(Nc3cccc4c3N(S(C)(=O)=O)CC4)n2)c(OC)cc1N(C)CCN(C)C. The van der Waals surface area contributed by atoms with E-state index in [1.807, 2.05) is 43.1 Å². The molecule has 230 valence electrons. The molecule has 1 amide bonds. The maximum atomic E-state index is 13.7. The van der Waals surface area contributed by atoms with Gasteiger partial charge in [-0.2, -0.15) is 4.98 Å². The van der Waals surface area contributed by atoms with Crippen LogP contribution in [0.4, 0.5) is 44.6 Å². The summed E-state index contributed by atoms with van der Waals surface area (Å²) in [4.78, 5) is 24.9. The molecule has 43 heavy (non-hydrogen) atoms. The number of amides is 1. The van der Waals surface area contributed by atoms with E-state index < -0.39 is 21.8 Å². The van der Waals surface area contributed by atoms with Gasteiger partial charge in [0, 0.05) is 32.7 Å². The van der Waals surface area contributed by atoms with E-state index in [4.69, 9.17) is 16.3 Å². The molecule has 0 saturated heterocycles. The second-order valence-electron chi connectivity index (χ2n) is 10.2. The van der Waals surface area contributed by atoms with Gasteiger partial charge >= 0.3 is 0 Å². The summed E-state index contributed by atoms with van der Waals surface area (Å²) in [5.74, 6) is -1.36. The number of aromatic nitrogens is 2. The number of anilines is 7. The van der Waals surface area contributed by atoms with Gasteiger partial charge in [-0.05, 0) is 38.2 Å². The highest BCUT2D eigenvalue weighted by Gasteiger charge is 2.29. The van der Waals surface area contributed by atoms with Crippen molar-refractivity contribution < 1.29 is 22.3 Å². The molecule has 3 N–H and O–H groups in total. The smallest absolute Gasteiger partial charge is 0.283 e. The summed E-state index contributed by atoms with van der Waals surface area (Å²) in [5, 5.41) is 8.98. The van der Waals surface area contributed by atoms with Crippen molar-refractivity contribution >= 4 is 67.7 Å². The number of carbonyl (C=O) groups is 1. The zero-order valence-electron chi connectivity index (χ0n) is 24.5. The number of hydrogen-bond donors (Lipinski definition) is 3. The highest BCUT2D eigenvalue weighted by molar-refractivity contribution is 7.92. The van der Waals surface area contributed by atoms with Gasteiger partial charge in [0.15, 0.2) is 11.6 Å². The first-order valence-corrected chi connectivity index (χ1v) is 15.4. The van der Waals surface area contributed by atoms with Crippen LogP contribution in [0.1, 0.15) is 5.56 Å². The van der Waals surface area contributed by atoms with Gasteiger partial charge in [-0.1, -0.05) is 30.3 Å². The van der Waals surface area contributed by atoms with Crippen LogP contribution >= 0.6 is 11.6 Å². The molecule has 3 aromatic rings. The van der Waals surface area contributed by atoms with Crippen molar-refractivity contribution in [1.29, 1.82) is 0 Å². The summed E-state index contributed by atoms with van der Waals surface area (Å²) in [5.41, 5.74) is 3.22. The molecule has 0 atom stereocenters. The Morgan fingerprint density at radius 2 is 1.91 bits per heavy atom. The molecule has 0 unspecified atom stereocenters. The van der Waals surface area contributed by atoms with Crippen LogP contribution in [-0.2, 0) is 21.2 Å². The minimum absolute atomic E-state index is 0.124. The number of hydrogen-bond acceptors (Lipinski definition) is 10. The molecular weight excluding hydrogens is 599 g/mol. The summed E-state index contributed by atoms with van der Waals surface area (Å²) < 4.78 is 45.5. The number of methoxy groups -OCH3 is 1. The Bertz CT molecular complexity index is 1650. The average Bonchev–Trinajstić information content (AvgIpc) is 3.40. The number of para-hydroxylation sites is 1. The summed E-state index contributed by atoms with van der Waals surface area (Å²) in [6.07, 6.45) is 3.14. The van der Waals surface area contributed by atoms with Crippen LogP contribution in [0.3, 0.4) is 0 Å². The van der Waals surface area contributed by atoms with Crippen LogP contribution in [0.2, 0.25) is 5.02 Å². The number of nitrogens with zero attached hydrogens (tertiary/aromatic N) is 5. The Labute approximate surface area is 255 Å². The third kappa shape index (κ3) is 7.45. The number of sulfonamides is 1. The van der Waals surface area contributed by atoms with Gasteiger partial charge in [-0.25, -0.2) is 17.8 Å². The maximum absolute atomic E-state index is 13.7. The lowest BCUT2D eigenvalue weighted by Crippen LogP contribution is -2.29. The lowest BCUT2D eigenvalue weighted by atomic mass is 10.1. The fourth-order valence-corrected chi connectivity index (χ4v) is 5.64. The highest BCUT2D eigenvalue weighted by Crippen LogP contribution is 2.40. The van der Waals surface area contributed by atoms with Gasteiger partial charge in [0.2, 0.25) is 16.0 Å². The molecule has 0 saturated carbocycles. The number of benzene rings is 2. The van der Waals surface area contributed by atoms with E-state index in [1.54, 1.807) is 18.2 Å². The predicted octanol–water partition coefficient (Wildman–Crippen LogP) is 4.37. The lowest BCUT2D eigenvalue weighted by molar-refractivity contribution is -0.114. The van der Waals surface area contributed by atoms with E-state index in [9.17, 15) is 17.6 Å². The molecular formula is C28H34ClFN8O4S. The quantitative estimate of drug-likeness (QED) is 0.247. The fraction of sp³-hybridized carbons (Fsp3) is 0.321. The van der Waals surface area contributed by atoms with Crippen molar-refractivity contribution in [3.63, 3.8) is 0 Å². The van der Waals surface area contributed by atoms with Gasteiger partial charge in [0.1, 0.15) is 10.8 Å². The van der Waals surface area contributed by atoms with E-state index in [0.717, 1.165) is 18.4 Å². The predicted molar refractivity (Wildman–Crippen MR) is 170 cm³/mol. The molecule has 0 fully saturated rings. The van der Waals surface area contributed by atoms with Crippen molar-refractivity contribution in [2.24, 2.45) is 0 Å². The Morgan fingerprint density at radius 3 is 2.56 bits per heavy atom. The summed E-state index contributed by atoms with van der Waals surface area (Å²) in [6.45, 7) is 4.76. The van der Waals surface area contributed by atoms with Crippen LogP contribution in [0.25, 0.3) is 0 Å². The maximum Gasteiger partial charge on any atom is 0.283 e. The van der Waals surface area contributed by atoms with Crippen molar-refractivity contribution in [1.82, 2.24) is 14.9 Å². The Kier molecular flexibility index (Phi) is 9.62. The normalized spacial score (nSPS) is 12.6. The number of ether oxygens (including phenoxy) is 1. The van der Waals surface area contributed by atoms with Crippen LogP contribution in [0.15, 0.2) is 48.9 Å². The lowest BCUT2D eigenvalue weighted by Gasteiger charge is -2.26. The molecule has 0 radical (unpaired) electrons. The minimum atomic E-state index is -3.50. The minimum Gasteiger partial charge on any atom is -0.494 e. The first kappa shape index (κ1) is 31.8. The number of rotatable bonds is 12. The Morgan fingerprint density at radius 1 is 1.16 bits per heavy atom. The molecule has 0 spiro atoms. The molecule has 12 nitrogen and oxygen atoms in total. The van der Waals surface area contributed by atoms with Crippen LogP contribution < -0.4 is 29.9 Å². The van der Waals surface area contributed by atoms with Crippen molar-refractivity contribution in [2.75, 3.05) is 79.3 Å². The van der Waals surface area contributed by atoms with Gasteiger partial charge in [0.25, 0.3) is 5.91 Å². The molecule has 0 bridgehead atoms. The molecule has 1 aliphatic rings. The van der Waals surface area contributed by atoms with E-state index in [-0.39, 0.29) is 16.8 Å². The number of likely N-dealkylation sites (N-methyl/N-ethyl adjacent to an activating group) is 2. The summed E-state index contributed by atoms with van der Waals surface area (Å²) in [6, 6.07) is 8.74. The molecule has 2 aromatic carbocycles. The molecule has 0 aliphatic carbocycles. The number of halogens is 2. The van der Waals surface area contributed by atoms with E-state index in [0.29, 0.717) is 53.7 Å². The summed E-state index contributed by atoms with van der Waals surface area (Å²) in [7, 11) is 3.73. The number of carbonyl (C=O) groups excluding carboxylic acids is 1. The first-order valence-electron chi connectivity index (χ1n) is 13.2. The zero-order chi connectivity index (χ0) is 31.5. The zero-order valence-corrected chi connectivity index (χ0v) is 26.1. The number of fused-ring (bicyclic) bond motifs is 1. The molecule has 4 rings (SSSR count). The van der Waals surface area contributed by atoms with Gasteiger partial charge in [-0.3, -0.25) is 9.10 Å². The van der Waals surface area contributed by atoms with Crippen molar-refractivity contribution in [2.45, 2.75) is 6.42 Å². The average molecular weight is 633 g/mol. The van der Waals surface area contributed by atoms with Crippen molar-refractivity contribution in [3.05, 3.63) is 59.5 Å².